The number of sulfone groups is 1. The molecule has 1 atom stereocenters. The molecule has 3 aliphatic heterocycles. The first-order valence-corrected chi connectivity index (χ1v) is 23.3. The highest BCUT2D eigenvalue weighted by Crippen LogP contribution is 2.41. The second-order valence-electron chi connectivity index (χ2n) is 16.0. The van der Waals surface area contributed by atoms with Crippen LogP contribution in [0.2, 0.25) is 0 Å². The molecule has 0 saturated carbocycles. The van der Waals surface area contributed by atoms with Gasteiger partial charge in [0.2, 0.25) is 11.8 Å². The molecule has 5 aromatic carbocycles. The molecule has 336 valence electrons. The molecule has 1 unspecified atom stereocenters. The van der Waals surface area contributed by atoms with Gasteiger partial charge < -0.3 is 38.6 Å². The summed E-state index contributed by atoms with van der Waals surface area (Å²) in [6.45, 7) is 7.92. The van der Waals surface area contributed by atoms with Gasteiger partial charge in [0.15, 0.2) is 9.84 Å². The number of aromatic hydroxyl groups is 1. The first-order valence-electron chi connectivity index (χ1n) is 21.5. The highest BCUT2D eigenvalue weighted by atomic mass is 32.2. The van der Waals surface area contributed by atoms with Crippen molar-refractivity contribution in [3.63, 3.8) is 0 Å². The van der Waals surface area contributed by atoms with Crippen LogP contribution in [0.15, 0.2) is 102 Å². The molecule has 3 amide bonds. The summed E-state index contributed by atoms with van der Waals surface area (Å²) in [4.78, 5) is 43.5. The largest absolute Gasteiger partial charge is 0.508 e. The van der Waals surface area contributed by atoms with Gasteiger partial charge in [-0.2, -0.15) is 0 Å². The molecular formula is C48H52N4O11S. The van der Waals surface area contributed by atoms with E-state index in [-0.39, 0.29) is 28.9 Å². The minimum atomic E-state index is -3.34. The van der Waals surface area contributed by atoms with Crippen LogP contribution >= 0.6 is 0 Å². The number of anilines is 1. The fourth-order valence-electron chi connectivity index (χ4n) is 8.17. The molecule has 3 aliphatic rings. The number of nitrogens with one attached hydrogen (secondary N) is 1. The van der Waals surface area contributed by atoms with Crippen molar-refractivity contribution in [1.29, 1.82) is 0 Å². The molecule has 15 nitrogen and oxygen atoms in total. The molecule has 8 rings (SSSR count). The van der Waals surface area contributed by atoms with E-state index < -0.39 is 21.8 Å². The summed E-state index contributed by atoms with van der Waals surface area (Å²) in [5.74, 6) is 1.10. The third-order valence-electron chi connectivity index (χ3n) is 11.6. The number of nitrogens with zero attached hydrogens (tertiary/aromatic N) is 3. The van der Waals surface area contributed by atoms with Crippen LogP contribution in [0.3, 0.4) is 0 Å². The molecule has 0 bridgehead atoms. The van der Waals surface area contributed by atoms with Crippen LogP contribution in [0.1, 0.15) is 28.8 Å². The zero-order chi connectivity index (χ0) is 44.6. The minimum Gasteiger partial charge on any atom is -0.508 e. The lowest BCUT2D eigenvalue weighted by Gasteiger charge is -2.36. The number of ether oxygens (including phenoxy) is 5. The summed E-state index contributed by atoms with van der Waals surface area (Å²) in [5.41, 5.74) is 4.16. The van der Waals surface area contributed by atoms with Crippen LogP contribution in [0, 0.1) is 0 Å². The van der Waals surface area contributed by atoms with E-state index in [0.717, 1.165) is 65.9 Å². The zero-order valence-corrected chi connectivity index (χ0v) is 36.5. The van der Waals surface area contributed by atoms with Crippen LogP contribution in [-0.4, -0.2) is 132 Å². The Kier molecular flexibility index (Phi) is 14.1. The molecule has 16 heteroatoms. The molecule has 3 heterocycles. The number of hydrogen-bond acceptors (Lipinski definition) is 13. The van der Waals surface area contributed by atoms with E-state index in [4.69, 9.17) is 23.7 Å². The standard InChI is InChI=1S/C48H52N4O11S/c1-64(57,58)40-11-2-33(3-12-40)41-13-4-34-31-37(53)6-15-42(34)46(41)63-39-9-7-38(8-10-39)62-29-28-61-27-26-60-25-24-59-23-22-50-18-20-51(21-19-50)36-5-14-43-35(30-36)32-52(48(43)56)44-16-17-45(54)49-47(44)55/h2-15,30-31,44,53H,16-29,32H2,1H3,(H,49,54,55). The molecule has 64 heavy (non-hydrogen) atoms. The normalized spacial score (nSPS) is 16.9. The number of rotatable bonds is 19. The number of phenols is 1. The molecular weight excluding hydrogens is 841 g/mol. The molecule has 0 aliphatic carbocycles. The number of piperazine rings is 1. The Balaban J connectivity index is 0.683. The number of fused-ring (bicyclic) bond motifs is 2. The van der Waals surface area contributed by atoms with Gasteiger partial charge in [-0.05, 0) is 102 Å². The second-order valence-corrected chi connectivity index (χ2v) is 18.0. The maximum absolute atomic E-state index is 13.1. The highest BCUT2D eigenvalue weighted by molar-refractivity contribution is 7.90. The minimum absolute atomic E-state index is 0.141. The average molecular weight is 893 g/mol. The molecule has 2 fully saturated rings. The van der Waals surface area contributed by atoms with Gasteiger partial charge >= 0.3 is 0 Å². The first kappa shape index (κ1) is 44.6. The van der Waals surface area contributed by atoms with Gasteiger partial charge in [0.1, 0.15) is 35.6 Å². The van der Waals surface area contributed by atoms with Gasteiger partial charge in [0.05, 0.1) is 44.5 Å². The van der Waals surface area contributed by atoms with E-state index in [1.807, 2.05) is 48.5 Å². The number of carbonyl (C=O) groups excluding carboxylic acids is 3. The lowest BCUT2D eigenvalue weighted by molar-refractivity contribution is -0.136. The van der Waals surface area contributed by atoms with E-state index in [9.17, 15) is 27.9 Å². The Bertz CT molecular complexity index is 2580. The lowest BCUT2D eigenvalue weighted by atomic mass is 9.99. The lowest BCUT2D eigenvalue weighted by Crippen LogP contribution is -2.52. The van der Waals surface area contributed by atoms with E-state index in [0.29, 0.717) is 82.0 Å². The van der Waals surface area contributed by atoms with Gasteiger partial charge in [-0.25, -0.2) is 8.42 Å². The van der Waals surface area contributed by atoms with Gasteiger partial charge in [-0.1, -0.05) is 18.2 Å². The van der Waals surface area contributed by atoms with E-state index >= 15 is 0 Å². The number of amides is 3. The number of hydrogen-bond donors (Lipinski definition) is 2. The molecule has 0 radical (unpaired) electrons. The van der Waals surface area contributed by atoms with Crippen molar-refractivity contribution in [2.75, 3.05) is 90.1 Å². The number of carbonyl (C=O) groups is 3. The van der Waals surface area contributed by atoms with Gasteiger partial charge in [0, 0.05) is 74.1 Å². The SMILES string of the molecule is CS(=O)(=O)c1ccc(-c2ccc3cc(O)ccc3c2Oc2ccc(OCCOCCOCCOCCN3CCN(c4ccc5c(c4)CN(C4CCC(=O)NC4=O)C5=O)CC3)cc2)cc1. The van der Waals surface area contributed by atoms with Crippen molar-refractivity contribution in [3.05, 3.63) is 108 Å². The van der Waals surface area contributed by atoms with Crippen molar-refractivity contribution >= 4 is 44.0 Å². The molecule has 2 saturated heterocycles. The maximum Gasteiger partial charge on any atom is 0.255 e. The van der Waals surface area contributed by atoms with Crippen molar-refractivity contribution in [1.82, 2.24) is 15.1 Å². The van der Waals surface area contributed by atoms with Crippen molar-refractivity contribution < 1.29 is 51.6 Å². The molecule has 0 spiro atoms. The highest BCUT2D eigenvalue weighted by Gasteiger charge is 2.39. The number of phenolic OH excluding ortho intramolecular Hbond substituents is 1. The van der Waals surface area contributed by atoms with Crippen molar-refractivity contribution in [3.8, 4) is 34.1 Å². The topological polar surface area (TPSA) is 173 Å². The number of imide groups is 1. The predicted octanol–water partition coefficient (Wildman–Crippen LogP) is 5.42. The third-order valence-corrected chi connectivity index (χ3v) is 12.8. The Hall–Kier alpha value is -6.04. The van der Waals surface area contributed by atoms with Crippen molar-refractivity contribution in [2.24, 2.45) is 0 Å². The molecule has 0 aromatic heterocycles. The summed E-state index contributed by atoms with van der Waals surface area (Å²) in [7, 11) is -3.34. The smallest absolute Gasteiger partial charge is 0.255 e. The van der Waals surface area contributed by atoms with Crippen molar-refractivity contribution in [2.45, 2.75) is 30.3 Å². The van der Waals surface area contributed by atoms with Crippen LogP contribution < -0.4 is 19.7 Å². The summed E-state index contributed by atoms with van der Waals surface area (Å²) < 4.78 is 53.5. The summed E-state index contributed by atoms with van der Waals surface area (Å²) in [6, 6.07) is 28.1. The van der Waals surface area contributed by atoms with E-state index in [2.05, 4.69) is 21.2 Å². The average Bonchev–Trinajstić information content (AvgIpc) is 3.61. The predicted molar refractivity (Wildman–Crippen MR) is 240 cm³/mol. The maximum atomic E-state index is 13.1. The molecule has 2 N–H and O–H groups in total. The summed E-state index contributed by atoms with van der Waals surface area (Å²) in [5, 5.41) is 14.0. The van der Waals surface area contributed by atoms with E-state index in [1.54, 1.807) is 47.4 Å². The number of piperidine rings is 1. The van der Waals surface area contributed by atoms with Gasteiger partial charge in [0.25, 0.3) is 5.91 Å². The number of benzene rings is 5. The van der Waals surface area contributed by atoms with Crippen LogP contribution in [-0.2, 0) is 40.2 Å². The summed E-state index contributed by atoms with van der Waals surface area (Å²) >= 11 is 0. The Morgan fingerprint density at radius 3 is 2.09 bits per heavy atom. The quantitative estimate of drug-likeness (QED) is 0.0796. The monoisotopic (exact) mass is 892 g/mol. The Morgan fingerprint density at radius 2 is 1.39 bits per heavy atom. The Labute approximate surface area is 372 Å². The van der Waals surface area contributed by atoms with Gasteiger partial charge in [-0.15, -0.1) is 0 Å². The zero-order valence-electron chi connectivity index (χ0n) is 35.7. The van der Waals surface area contributed by atoms with Crippen LogP contribution in [0.5, 0.6) is 23.0 Å². The summed E-state index contributed by atoms with van der Waals surface area (Å²) in [6.07, 6.45) is 1.77. The van der Waals surface area contributed by atoms with Crippen LogP contribution in [0.4, 0.5) is 5.69 Å². The van der Waals surface area contributed by atoms with Gasteiger partial charge in [-0.3, -0.25) is 24.6 Å². The third kappa shape index (κ3) is 10.8. The van der Waals surface area contributed by atoms with Crippen LogP contribution in [0.25, 0.3) is 21.9 Å². The Morgan fingerprint density at radius 1 is 0.719 bits per heavy atom. The first-order chi connectivity index (χ1) is 31.0. The van der Waals surface area contributed by atoms with E-state index in [1.165, 1.54) is 6.26 Å². The fraction of sp³-hybridized carbons (Fsp3) is 0.354. The fourth-order valence-corrected chi connectivity index (χ4v) is 8.80. The second kappa shape index (κ2) is 20.2. The molecule has 5 aromatic rings.